The first-order valence-corrected chi connectivity index (χ1v) is 7.53. The zero-order chi connectivity index (χ0) is 14.8. The average Bonchev–Trinajstić information content (AvgIpc) is 2.94. The Bertz CT molecular complexity index is 639. The summed E-state index contributed by atoms with van der Waals surface area (Å²) in [4.78, 5) is 3.55. The van der Waals surface area contributed by atoms with Gasteiger partial charge in [0.05, 0.1) is 12.0 Å². The van der Waals surface area contributed by atoms with E-state index in [-0.39, 0.29) is 0 Å². The molecule has 1 aromatic carbocycles. The summed E-state index contributed by atoms with van der Waals surface area (Å²) in [6, 6.07) is 10.4. The lowest BCUT2D eigenvalue weighted by atomic mass is 10.1. The van der Waals surface area contributed by atoms with Crippen molar-refractivity contribution in [1.29, 1.82) is 0 Å². The third kappa shape index (κ3) is 3.09. The van der Waals surface area contributed by atoms with Crippen LogP contribution in [0.4, 0.5) is 5.69 Å². The van der Waals surface area contributed by atoms with Gasteiger partial charge in [0, 0.05) is 0 Å². The van der Waals surface area contributed by atoms with Crippen LogP contribution in [0.15, 0.2) is 41.0 Å². The third-order valence-corrected chi connectivity index (χ3v) is 4.13. The molecule has 1 unspecified atom stereocenters. The van der Waals surface area contributed by atoms with Crippen LogP contribution >= 0.6 is 12.2 Å². The molecule has 2 N–H and O–H groups in total. The van der Waals surface area contributed by atoms with E-state index >= 15 is 0 Å². The highest BCUT2D eigenvalue weighted by atomic mass is 32.1. The first-order chi connectivity index (χ1) is 10.1. The van der Waals surface area contributed by atoms with Crippen molar-refractivity contribution in [2.45, 2.75) is 20.4 Å². The van der Waals surface area contributed by atoms with Gasteiger partial charge < -0.3 is 9.73 Å². The summed E-state index contributed by atoms with van der Waals surface area (Å²) < 4.78 is 5.44. The van der Waals surface area contributed by atoms with Crippen LogP contribution in [0.3, 0.4) is 0 Å². The molecule has 0 spiro atoms. The lowest BCUT2D eigenvalue weighted by Gasteiger charge is -2.35. The molecule has 4 nitrogen and oxygen atoms in total. The van der Waals surface area contributed by atoms with Crippen LogP contribution in [0.25, 0.3) is 0 Å². The number of rotatable bonds is 3. The molecule has 110 valence electrons. The Labute approximate surface area is 130 Å². The van der Waals surface area contributed by atoms with Crippen LogP contribution in [0, 0.1) is 13.8 Å². The molecular formula is C16H20N3OS+. The van der Waals surface area contributed by atoms with Gasteiger partial charge in [-0.05, 0) is 49.8 Å². The molecule has 1 aliphatic heterocycles. The monoisotopic (exact) mass is 302 g/mol. The highest BCUT2D eigenvalue weighted by molar-refractivity contribution is 7.80. The van der Waals surface area contributed by atoms with E-state index in [0.29, 0.717) is 0 Å². The molecular weight excluding hydrogens is 282 g/mol. The molecule has 1 atom stereocenters. The SMILES string of the molecule is Cc1ccc(N2C[NH+](Cc3ccco3)CNC2=S)c(C)c1. The largest absolute Gasteiger partial charge is 0.463 e. The first kappa shape index (κ1) is 14.1. The van der Waals surface area contributed by atoms with Crippen LogP contribution in [0.5, 0.6) is 0 Å². The van der Waals surface area contributed by atoms with E-state index in [4.69, 9.17) is 16.6 Å². The summed E-state index contributed by atoms with van der Waals surface area (Å²) in [5.41, 5.74) is 3.69. The number of thiocarbonyl (C=S) groups is 1. The number of anilines is 1. The lowest BCUT2D eigenvalue weighted by molar-refractivity contribution is -0.917. The van der Waals surface area contributed by atoms with E-state index in [9.17, 15) is 0 Å². The Morgan fingerprint density at radius 1 is 1.33 bits per heavy atom. The summed E-state index contributed by atoms with van der Waals surface area (Å²) >= 11 is 5.48. The molecule has 0 radical (unpaired) electrons. The quantitative estimate of drug-likeness (QED) is 0.844. The number of nitrogens with one attached hydrogen (secondary N) is 2. The number of quaternary nitrogens is 1. The van der Waals surface area contributed by atoms with Gasteiger partial charge in [-0.2, -0.15) is 0 Å². The van der Waals surface area contributed by atoms with Gasteiger partial charge in [0.25, 0.3) is 0 Å². The van der Waals surface area contributed by atoms with Gasteiger partial charge in [0.15, 0.2) is 24.2 Å². The summed E-state index contributed by atoms with van der Waals surface area (Å²) in [7, 11) is 0. The Kier molecular flexibility index (Phi) is 3.94. The highest BCUT2D eigenvalue weighted by Crippen LogP contribution is 2.21. The summed E-state index contributed by atoms with van der Waals surface area (Å²) in [5.74, 6) is 1.00. The highest BCUT2D eigenvalue weighted by Gasteiger charge is 2.26. The second-order valence-electron chi connectivity index (χ2n) is 5.54. The van der Waals surface area contributed by atoms with Crippen molar-refractivity contribution < 1.29 is 9.32 Å². The second kappa shape index (κ2) is 5.87. The van der Waals surface area contributed by atoms with Crippen LogP contribution in [-0.2, 0) is 6.54 Å². The molecule has 0 saturated carbocycles. The van der Waals surface area contributed by atoms with E-state index in [2.05, 4.69) is 42.3 Å². The van der Waals surface area contributed by atoms with E-state index < -0.39 is 0 Å². The van der Waals surface area contributed by atoms with Gasteiger partial charge >= 0.3 is 0 Å². The Morgan fingerprint density at radius 2 is 2.19 bits per heavy atom. The summed E-state index contributed by atoms with van der Waals surface area (Å²) in [5, 5.41) is 4.11. The summed E-state index contributed by atoms with van der Waals surface area (Å²) in [6.07, 6.45) is 1.72. The molecule has 0 aliphatic carbocycles. The van der Waals surface area contributed by atoms with Crippen LogP contribution in [0.2, 0.25) is 0 Å². The Balaban J connectivity index is 1.78. The molecule has 0 amide bonds. The molecule has 3 rings (SSSR count). The fourth-order valence-electron chi connectivity index (χ4n) is 2.73. The minimum absolute atomic E-state index is 0.796. The maximum absolute atomic E-state index is 5.48. The molecule has 2 heterocycles. The smallest absolute Gasteiger partial charge is 0.182 e. The van der Waals surface area contributed by atoms with Crippen molar-refractivity contribution in [1.82, 2.24) is 5.32 Å². The van der Waals surface area contributed by atoms with Gasteiger partial charge in [0.1, 0.15) is 6.54 Å². The van der Waals surface area contributed by atoms with Crippen molar-refractivity contribution in [2.75, 3.05) is 18.2 Å². The predicted octanol–water partition coefficient (Wildman–Crippen LogP) is 1.59. The zero-order valence-electron chi connectivity index (χ0n) is 12.3. The number of benzene rings is 1. The maximum atomic E-state index is 5.48. The zero-order valence-corrected chi connectivity index (χ0v) is 13.2. The van der Waals surface area contributed by atoms with E-state index in [0.717, 1.165) is 30.8 Å². The Morgan fingerprint density at radius 3 is 2.90 bits per heavy atom. The molecule has 21 heavy (non-hydrogen) atoms. The fourth-order valence-corrected chi connectivity index (χ4v) is 2.96. The van der Waals surface area contributed by atoms with E-state index in [1.165, 1.54) is 21.7 Å². The van der Waals surface area contributed by atoms with Gasteiger partial charge in [0.2, 0.25) is 0 Å². The normalized spacial score (nSPS) is 18.7. The molecule has 1 fully saturated rings. The molecule has 1 saturated heterocycles. The van der Waals surface area contributed by atoms with Crippen molar-refractivity contribution in [3.05, 3.63) is 53.5 Å². The number of aryl methyl sites for hydroxylation is 2. The molecule has 5 heteroatoms. The lowest BCUT2D eigenvalue weighted by Crippen LogP contribution is -3.16. The third-order valence-electron chi connectivity index (χ3n) is 3.76. The predicted molar refractivity (Wildman–Crippen MR) is 87.2 cm³/mol. The van der Waals surface area contributed by atoms with Crippen LogP contribution in [-0.4, -0.2) is 18.4 Å². The molecule has 1 aromatic heterocycles. The Hall–Kier alpha value is -1.85. The van der Waals surface area contributed by atoms with Crippen molar-refractivity contribution in [2.24, 2.45) is 0 Å². The van der Waals surface area contributed by atoms with Crippen LogP contribution in [0.1, 0.15) is 16.9 Å². The van der Waals surface area contributed by atoms with Crippen LogP contribution < -0.4 is 15.1 Å². The number of furan rings is 1. The van der Waals surface area contributed by atoms with Crippen molar-refractivity contribution in [3.8, 4) is 0 Å². The van der Waals surface area contributed by atoms with E-state index in [1.54, 1.807) is 6.26 Å². The number of nitrogens with zero attached hydrogens (tertiary/aromatic N) is 1. The minimum Gasteiger partial charge on any atom is -0.463 e. The maximum Gasteiger partial charge on any atom is 0.182 e. The summed E-state index contributed by atoms with van der Waals surface area (Å²) in [6.45, 7) is 6.76. The molecule has 0 bridgehead atoms. The molecule has 2 aromatic rings. The fraction of sp³-hybridized carbons (Fsp3) is 0.312. The number of hydrogen-bond acceptors (Lipinski definition) is 2. The number of hydrogen-bond donors (Lipinski definition) is 2. The van der Waals surface area contributed by atoms with Gasteiger partial charge in [-0.3, -0.25) is 9.80 Å². The van der Waals surface area contributed by atoms with Gasteiger partial charge in [-0.15, -0.1) is 0 Å². The van der Waals surface area contributed by atoms with Gasteiger partial charge in [-0.1, -0.05) is 17.7 Å². The molecule has 1 aliphatic rings. The standard InChI is InChI=1S/C16H19N3OS/c1-12-5-6-15(13(2)8-12)19-11-18(10-17-16(19)21)9-14-4-3-7-20-14/h3-8H,9-11H2,1-2H3,(H,17,21)/p+1. The van der Waals surface area contributed by atoms with E-state index in [1.807, 2.05) is 12.1 Å². The van der Waals surface area contributed by atoms with Crippen molar-refractivity contribution >= 4 is 23.0 Å². The second-order valence-corrected chi connectivity index (χ2v) is 5.93. The van der Waals surface area contributed by atoms with Crippen molar-refractivity contribution in [3.63, 3.8) is 0 Å². The minimum atomic E-state index is 0.796. The first-order valence-electron chi connectivity index (χ1n) is 7.12. The average molecular weight is 302 g/mol. The van der Waals surface area contributed by atoms with Gasteiger partial charge in [-0.25, -0.2) is 0 Å². The topological polar surface area (TPSA) is 32.9 Å².